The highest BCUT2D eigenvalue weighted by atomic mass is 32.2. The second-order valence-corrected chi connectivity index (χ2v) is 9.24. The molecule has 0 aliphatic carbocycles. The van der Waals surface area contributed by atoms with Gasteiger partial charge in [-0.25, -0.2) is 8.42 Å². The van der Waals surface area contributed by atoms with Gasteiger partial charge in [0.2, 0.25) is 0 Å². The van der Waals surface area contributed by atoms with Gasteiger partial charge in [0.15, 0.2) is 9.84 Å². The number of hydrogen-bond donors (Lipinski definition) is 2. The molecule has 8 heteroatoms. The number of nitrogens with two attached hydrogens (primary N) is 1. The molecular formula is C20H18N2O4S2. The van der Waals surface area contributed by atoms with Gasteiger partial charge in [0.05, 0.1) is 21.8 Å². The van der Waals surface area contributed by atoms with Crippen LogP contribution in [-0.4, -0.2) is 26.0 Å². The second kappa shape index (κ2) is 7.95. The summed E-state index contributed by atoms with van der Waals surface area (Å²) in [5.74, 6) is -1.42. The fourth-order valence-corrected chi connectivity index (χ4v) is 4.82. The SMILES string of the molecule is CCS(=O)(=O)c1ccccc1C(=O)Nc1sc(-c2ccccc2)cc1C(N)=O. The molecule has 0 unspecified atom stereocenters. The zero-order valence-electron chi connectivity index (χ0n) is 15.0. The van der Waals surface area contributed by atoms with Gasteiger partial charge in [0.25, 0.3) is 11.8 Å². The number of amides is 2. The molecule has 2 amide bonds. The van der Waals surface area contributed by atoms with Gasteiger partial charge in [-0.05, 0) is 23.8 Å². The van der Waals surface area contributed by atoms with Crippen LogP contribution in [0.1, 0.15) is 27.6 Å². The van der Waals surface area contributed by atoms with Gasteiger partial charge in [-0.2, -0.15) is 0 Å². The number of primary amides is 1. The van der Waals surface area contributed by atoms with Gasteiger partial charge in [-0.15, -0.1) is 11.3 Å². The topological polar surface area (TPSA) is 106 Å². The van der Waals surface area contributed by atoms with Crippen molar-refractivity contribution in [1.29, 1.82) is 0 Å². The molecule has 1 heterocycles. The van der Waals surface area contributed by atoms with E-state index in [9.17, 15) is 18.0 Å². The minimum absolute atomic E-state index is 0.0226. The number of carbonyl (C=O) groups is 2. The van der Waals surface area contributed by atoms with E-state index in [1.165, 1.54) is 30.4 Å². The molecule has 3 N–H and O–H groups in total. The Morgan fingerprint density at radius 3 is 2.29 bits per heavy atom. The Labute approximate surface area is 166 Å². The standard InChI is InChI=1S/C20H18N2O4S2/c1-2-28(25,26)17-11-7-6-10-14(17)19(24)22-20-15(18(21)23)12-16(27-20)13-8-4-3-5-9-13/h3-12H,2H2,1H3,(H2,21,23)(H,22,24). The lowest BCUT2D eigenvalue weighted by molar-refractivity contribution is 0.100. The highest BCUT2D eigenvalue weighted by molar-refractivity contribution is 7.91. The third-order valence-corrected chi connectivity index (χ3v) is 7.02. The summed E-state index contributed by atoms with van der Waals surface area (Å²) >= 11 is 1.20. The predicted molar refractivity (Wildman–Crippen MR) is 110 cm³/mol. The lowest BCUT2D eigenvalue weighted by Gasteiger charge is -2.09. The predicted octanol–water partition coefficient (Wildman–Crippen LogP) is 3.56. The summed E-state index contributed by atoms with van der Waals surface area (Å²) in [5, 5.41) is 2.93. The van der Waals surface area contributed by atoms with Crippen molar-refractivity contribution in [1.82, 2.24) is 0 Å². The second-order valence-electron chi connectivity index (χ2n) is 5.94. The molecule has 0 spiro atoms. The summed E-state index contributed by atoms with van der Waals surface area (Å²) in [6.45, 7) is 1.51. The molecule has 0 fully saturated rings. The molecule has 0 radical (unpaired) electrons. The van der Waals surface area contributed by atoms with Crippen LogP contribution >= 0.6 is 11.3 Å². The molecule has 2 aromatic carbocycles. The Morgan fingerprint density at radius 1 is 1.00 bits per heavy atom. The monoisotopic (exact) mass is 414 g/mol. The van der Waals surface area contributed by atoms with E-state index >= 15 is 0 Å². The van der Waals surface area contributed by atoms with Crippen molar-refractivity contribution in [3.05, 3.63) is 71.8 Å². The van der Waals surface area contributed by atoms with E-state index in [2.05, 4.69) is 5.32 Å². The first-order valence-corrected chi connectivity index (χ1v) is 10.9. The first-order chi connectivity index (χ1) is 13.3. The van der Waals surface area contributed by atoms with Crippen LogP contribution in [0.5, 0.6) is 0 Å². The van der Waals surface area contributed by atoms with E-state index in [0.29, 0.717) is 0 Å². The van der Waals surface area contributed by atoms with Crippen LogP contribution in [0.25, 0.3) is 10.4 Å². The highest BCUT2D eigenvalue weighted by Crippen LogP contribution is 2.35. The Balaban J connectivity index is 2.00. The van der Waals surface area contributed by atoms with Crippen molar-refractivity contribution in [2.75, 3.05) is 11.1 Å². The fourth-order valence-electron chi connectivity index (χ4n) is 2.66. The first kappa shape index (κ1) is 19.8. The summed E-state index contributed by atoms with van der Waals surface area (Å²) in [5.41, 5.74) is 6.54. The average molecular weight is 415 g/mol. The van der Waals surface area contributed by atoms with Gasteiger partial charge in [0.1, 0.15) is 5.00 Å². The number of thiophene rings is 1. The number of rotatable bonds is 6. The largest absolute Gasteiger partial charge is 0.366 e. The van der Waals surface area contributed by atoms with Crippen molar-refractivity contribution in [3.8, 4) is 10.4 Å². The molecule has 3 rings (SSSR count). The third kappa shape index (κ3) is 3.97. The Morgan fingerprint density at radius 2 is 1.64 bits per heavy atom. The minimum atomic E-state index is -3.58. The first-order valence-electron chi connectivity index (χ1n) is 8.45. The Kier molecular flexibility index (Phi) is 5.62. The molecular weight excluding hydrogens is 396 g/mol. The van der Waals surface area contributed by atoms with E-state index in [0.717, 1.165) is 10.4 Å². The molecule has 144 valence electrons. The molecule has 0 atom stereocenters. The van der Waals surface area contributed by atoms with E-state index in [1.807, 2.05) is 30.3 Å². The van der Waals surface area contributed by atoms with Gasteiger partial charge < -0.3 is 11.1 Å². The van der Waals surface area contributed by atoms with Crippen LogP contribution in [0.15, 0.2) is 65.6 Å². The van der Waals surface area contributed by atoms with Crippen LogP contribution in [0.2, 0.25) is 0 Å². The maximum absolute atomic E-state index is 12.8. The highest BCUT2D eigenvalue weighted by Gasteiger charge is 2.23. The van der Waals surface area contributed by atoms with E-state index in [4.69, 9.17) is 5.73 Å². The van der Waals surface area contributed by atoms with Crippen LogP contribution in [0.3, 0.4) is 0 Å². The van der Waals surface area contributed by atoms with Crippen LogP contribution in [0.4, 0.5) is 5.00 Å². The molecule has 6 nitrogen and oxygen atoms in total. The average Bonchev–Trinajstić information content (AvgIpc) is 3.12. The van der Waals surface area contributed by atoms with Crippen molar-refractivity contribution in [2.24, 2.45) is 5.73 Å². The number of sulfone groups is 1. The minimum Gasteiger partial charge on any atom is -0.366 e. The molecule has 0 aliphatic rings. The normalized spacial score (nSPS) is 11.2. The Bertz CT molecular complexity index is 1140. The summed E-state index contributed by atoms with van der Waals surface area (Å²) < 4.78 is 24.6. The van der Waals surface area contributed by atoms with Gasteiger partial charge >= 0.3 is 0 Å². The molecule has 1 aromatic heterocycles. The van der Waals surface area contributed by atoms with Crippen LogP contribution < -0.4 is 11.1 Å². The van der Waals surface area contributed by atoms with E-state index < -0.39 is 21.7 Å². The van der Waals surface area contributed by atoms with Gasteiger partial charge in [-0.3, -0.25) is 9.59 Å². The number of nitrogens with one attached hydrogen (secondary N) is 1. The zero-order valence-corrected chi connectivity index (χ0v) is 16.6. The summed E-state index contributed by atoms with van der Waals surface area (Å²) in [6.07, 6.45) is 0. The molecule has 0 aliphatic heterocycles. The summed E-state index contributed by atoms with van der Waals surface area (Å²) in [4.78, 5) is 25.4. The summed E-state index contributed by atoms with van der Waals surface area (Å²) in [7, 11) is -3.58. The number of benzene rings is 2. The van der Waals surface area contributed by atoms with Crippen molar-refractivity contribution >= 4 is 38.0 Å². The van der Waals surface area contributed by atoms with Crippen molar-refractivity contribution in [2.45, 2.75) is 11.8 Å². The molecule has 3 aromatic rings. The molecule has 0 saturated heterocycles. The lowest BCUT2D eigenvalue weighted by atomic mass is 10.1. The van der Waals surface area contributed by atoms with Gasteiger partial charge in [-0.1, -0.05) is 49.4 Å². The fraction of sp³-hybridized carbons (Fsp3) is 0.100. The molecule has 28 heavy (non-hydrogen) atoms. The van der Waals surface area contributed by atoms with E-state index in [1.54, 1.807) is 18.2 Å². The summed E-state index contributed by atoms with van der Waals surface area (Å²) in [6, 6.07) is 17.0. The third-order valence-electron chi connectivity index (χ3n) is 4.13. The number of hydrogen-bond acceptors (Lipinski definition) is 5. The van der Waals surface area contributed by atoms with Crippen molar-refractivity contribution < 1.29 is 18.0 Å². The maximum atomic E-state index is 12.8. The van der Waals surface area contributed by atoms with Crippen LogP contribution in [-0.2, 0) is 9.84 Å². The van der Waals surface area contributed by atoms with Gasteiger partial charge in [0, 0.05) is 4.88 Å². The number of carbonyl (C=O) groups excluding carboxylic acids is 2. The zero-order chi connectivity index (χ0) is 20.3. The van der Waals surface area contributed by atoms with E-state index in [-0.39, 0.29) is 26.8 Å². The number of anilines is 1. The quantitative estimate of drug-likeness (QED) is 0.643. The smallest absolute Gasteiger partial charge is 0.257 e. The van der Waals surface area contributed by atoms with Crippen LogP contribution in [0, 0.1) is 0 Å². The van der Waals surface area contributed by atoms with Crippen molar-refractivity contribution in [3.63, 3.8) is 0 Å². The molecule has 0 bridgehead atoms. The Hall–Kier alpha value is -2.97. The maximum Gasteiger partial charge on any atom is 0.257 e. The molecule has 0 saturated carbocycles. The lowest BCUT2D eigenvalue weighted by Crippen LogP contribution is -2.19.